The van der Waals surface area contributed by atoms with E-state index in [1.807, 2.05) is 0 Å². The Morgan fingerprint density at radius 2 is 2.18 bits per heavy atom. The van der Waals surface area contributed by atoms with Crippen LogP contribution in [0.4, 0.5) is 18.9 Å². The van der Waals surface area contributed by atoms with E-state index in [1.54, 1.807) is 0 Å². The normalized spacial score (nSPS) is 21.2. The van der Waals surface area contributed by atoms with Crippen molar-refractivity contribution >= 4 is 5.69 Å². The lowest BCUT2D eigenvalue weighted by molar-refractivity contribution is -0.141. The zero-order valence-corrected chi connectivity index (χ0v) is 9.13. The summed E-state index contributed by atoms with van der Waals surface area (Å²) in [6.45, 7) is 1.34. The summed E-state index contributed by atoms with van der Waals surface area (Å²) in [6, 6.07) is 2.53. The third-order valence-corrected chi connectivity index (χ3v) is 2.59. The fraction of sp³-hybridized carbons (Fsp3) is 0.545. The van der Waals surface area contributed by atoms with Gasteiger partial charge in [0.15, 0.2) is 0 Å². The molecule has 1 unspecified atom stereocenters. The van der Waals surface area contributed by atoms with E-state index in [-0.39, 0.29) is 6.04 Å². The van der Waals surface area contributed by atoms with Crippen molar-refractivity contribution in [1.82, 2.24) is 4.98 Å². The number of ether oxygens (including phenoxy) is 1. The van der Waals surface area contributed by atoms with Crippen molar-refractivity contribution in [2.24, 2.45) is 0 Å². The molecule has 1 N–H and O–H groups in total. The van der Waals surface area contributed by atoms with Crippen molar-refractivity contribution in [1.29, 1.82) is 0 Å². The van der Waals surface area contributed by atoms with Crippen LogP contribution in [0, 0.1) is 0 Å². The van der Waals surface area contributed by atoms with E-state index in [4.69, 9.17) is 4.74 Å². The number of hydrogen-bond donors (Lipinski definition) is 1. The second-order valence-corrected chi connectivity index (χ2v) is 3.99. The highest BCUT2D eigenvalue weighted by atomic mass is 19.4. The number of nitrogens with one attached hydrogen (secondary N) is 1. The Morgan fingerprint density at radius 1 is 1.35 bits per heavy atom. The first-order valence-electron chi connectivity index (χ1n) is 5.43. The molecule has 0 amide bonds. The Hall–Kier alpha value is -1.30. The van der Waals surface area contributed by atoms with Crippen LogP contribution in [0.15, 0.2) is 18.3 Å². The quantitative estimate of drug-likeness (QED) is 0.871. The summed E-state index contributed by atoms with van der Waals surface area (Å²) < 4.78 is 42.1. The van der Waals surface area contributed by atoms with Crippen LogP contribution in [-0.4, -0.2) is 24.2 Å². The molecule has 0 spiro atoms. The molecule has 94 valence electrons. The Bertz CT molecular complexity index is 358. The molecule has 0 aliphatic carbocycles. The molecule has 2 rings (SSSR count). The van der Waals surface area contributed by atoms with E-state index in [0.717, 1.165) is 25.5 Å². The number of rotatable bonds is 2. The highest BCUT2D eigenvalue weighted by molar-refractivity contribution is 5.42. The van der Waals surface area contributed by atoms with Gasteiger partial charge in [0.05, 0.1) is 18.5 Å². The summed E-state index contributed by atoms with van der Waals surface area (Å²) in [5.74, 6) is 0. The van der Waals surface area contributed by atoms with E-state index < -0.39 is 11.9 Å². The number of halogens is 3. The van der Waals surface area contributed by atoms with Crippen molar-refractivity contribution in [2.75, 3.05) is 18.5 Å². The predicted octanol–water partition coefficient (Wildman–Crippen LogP) is 2.69. The van der Waals surface area contributed by atoms with E-state index >= 15 is 0 Å². The summed E-state index contributed by atoms with van der Waals surface area (Å²) >= 11 is 0. The van der Waals surface area contributed by atoms with E-state index in [1.165, 1.54) is 12.3 Å². The minimum Gasteiger partial charge on any atom is -0.379 e. The summed E-state index contributed by atoms with van der Waals surface area (Å²) in [6.07, 6.45) is -1.25. The molecule has 1 aliphatic heterocycles. The SMILES string of the molecule is FC(F)(F)c1ccc(NC2CCCOC2)cn1. The molecule has 0 bridgehead atoms. The summed E-state index contributed by atoms with van der Waals surface area (Å²) in [5.41, 5.74) is -0.281. The first-order valence-corrected chi connectivity index (χ1v) is 5.43. The van der Waals surface area contributed by atoms with Gasteiger partial charge in [0.1, 0.15) is 5.69 Å². The van der Waals surface area contributed by atoms with Crippen LogP contribution >= 0.6 is 0 Å². The zero-order valence-electron chi connectivity index (χ0n) is 9.13. The fourth-order valence-electron chi connectivity index (χ4n) is 1.74. The van der Waals surface area contributed by atoms with E-state index in [0.29, 0.717) is 12.3 Å². The standard InChI is InChI=1S/C11H13F3N2O/c12-11(13,14)10-4-3-8(6-15-10)16-9-2-1-5-17-7-9/h3-4,6,9,16H,1-2,5,7H2. The monoisotopic (exact) mass is 246 g/mol. The van der Waals surface area contributed by atoms with Crippen LogP contribution < -0.4 is 5.32 Å². The highest BCUT2D eigenvalue weighted by Crippen LogP contribution is 2.28. The minimum absolute atomic E-state index is 0.155. The summed E-state index contributed by atoms with van der Waals surface area (Å²) in [5, 5.41) is 3.10. The number of hydrogen-bond acceptors (Lipinski definition) is 3. The maximum atomic E-state index is 12.3. The molecule has 0 saturated carbocycles. The molecule has 6 heteroatoms. The van der Waals surface area contributed by atoms with Crippen molar-refractivity contribution in [2.45, 2.75) is 25.1 Å². The molecule has 0 aromatic carbocycles. The molecular weight excluding hydrogens is 233 g/mol. The van der Waals surface area contributed by atoms with E-state index in [9.17, 15) is 13.2 Å². The fourth-order valence-corrected chi connectivity index (χ4v) is 1.74. The lowest BCUT2D eigenvalue weighted by Gasteiger charge is -2.24. The molecule has 1 atom stereocenters. The lowest BCUT2D eigenvalue weighted by atomic mass is 10.1. The van der Waals surface area contributed by atoms with Gasteiger partial charge >= 0.3 is 6.18 Å². The van der Waals surface area contributed by atoms with Gasteiger partial charge in [-0.15, -0.1) is 0 Å². The maximum absolute atomic E-state index is 12.3. The van der Waals surface area contributed by atoms with Crippen LogP contribution in [0.5, 0.6) is 0 Å². The van der Waals surface area contributed by atoms with Gasteiger partial charge in [0, 0.05) is 12.6 Å². The number of pyridine rings is 1. The Kier molecular flexibility index (Phi) is 3.51. The van der Waals surface area contributed by atoms with Gasteiger partial charge in [0.25, 0.3) is 0 Å². The average Bonchev–Trinajstić information content (AvgIpc) is 2.30. The van der Waals surface area contributed by atoms with Crippen molar-refractivity contribution in [3.05, 3.63) is 24.0 Å². The van der Waals surface area contributed by atoms with E-state index in [2.05, 4.69) is 10.3 Å². The first-order chi connectivity index (χ1) is 8.05. The van der Waals surface area contributed by atoms with Gasteiger partial charge in [-0.1, -0.05) is 0 Å². The molecule has 1 fully saturated rings. The second kappa shape index (κ2) is 4.91. The van der Waals surface area contributed by atoms with Gasteiger partial charge < -0.3 is 10.1 Å². The molecule has 2 heterocycles. The predicted molar refractivity (Wildman–Crippen MR) is 56.7 cm³/mol. The topological polar surface area (TPSA) is 34.1 Å². The summed E-state index contributed by atoms with van der Waals surface area (Å²) in [7, 11) is 0. The zero-order chi connectivity index (χ0) is 12.3. The Labute approximate surface area is 97.0 Å². The molecule has 1 aliphatic rings. The molecule has 0 radical (unpaired) electrons. The highest BCUT2D eigenvalue weighted by Gasteiger charge is 2.32. The van der Waals surface area contributed by atoms with Crippen LogP contribution in [0.2, 0.25) is 0 Å². The number of anilines is 1. The van der Waals surface area contributed by atoms with Gasteiger partial charge in [0.2, 0.25) is 0 Å². The molecule has 1 aromatic heterocycles. The van der Waals surface area contributed by atoms with Gasteiger partial charge in [-0.3, -0.25) is 0 Å². The largest absolute Gasteiger partial charge is 0.433 e. The molecular formula is C11H13F3N2O. The van der Waals surface area contributed by atoms with Gasteiger partial charge in [-0.25, -0.2) is 4.98 Å². The third-order valence-electron chi connectivity index (χ3n) is 2.59. The molecule has 1 aromatic rings. The smallest absolute Gasteiger partial charge is 0.379 e. The van der Waals surface area contributed by atoms with Crippen LogP contribution in [0.3, 0.4) is 0 Å². The lowest BCUT2D eigenvalue weighted by Crippen LogP contribution is -2.30. The van der Waals surface area contributed by atoms with Gasteiger partial charge in [-0.2, -0.15) is 13.2 Å². The van der Waals surface area contributed by atoms with Crippen LogP contribution in [0.25, 0.3) is 0 Å². The molecule has 3 nitrogen and oxygen atoms in total. The van der Waals surface area contributed by atoms with Crippen molar-refractivity contribution in [3.63, 3.8) is 0 Å². The Morgan fingerprint density at radius 3 is 2.71 bits per heavy atom. The van der Waals surface area contributed by atoms with Crippen LogP contribution in [-0.2, 0) is 10.9 Å². The second-order valence-electron chi connectivity index (χ2n) is 3.99. The van der Waals surface area contributed by atoms with Crippen molar-refractivity contribution < 1.29 is 17.9 Å². The number of alkyl halides is 3. The molecule has 17 heavy (non-hydrogen) atoms. The maximum Gasteiger partial charge on any atom is 0.433 e. The minimum atomic E-state index is -4.38. The van der Waals surface area contributed by atoms with Gasteiger partial charge in [-0.05, 0) is 25.0 Å². The Balaban J connectivity index is 1.98. The van der Waals surface area contributed by atoms with Crippen LogP contribution in [0.1, 0.15) is 18.5 Å². The molecule has 1 saturated heterocycles. The average molecular weight is 246 g/mol. The van der Waals surface area contributed by atoms with Crippen molar-refractivity contribution in [3.8, 4) is 0 Å². The summed E-state index contributed by atoms with van der Waals surface area (Å²) in [4.78, 5) is 3.39. The number of nitrogens with zero attached hydrogens (tertiary/aromatic N) is 1. The first kappa shape index (κ1) is 12.2. The number of aromatic nitrogens is 1. The third kappa shape index (κ3) is 3.33.